The van der Waals surface area contributed by atoms with E-state index in [2.05, 4.69) is 53.7 Å². The maximum Gasteiger partial charge on any atom is 0.165 e. The third-order valence-corrected chi connectivity index (χ3v) is 3.92. The second-order valence-corrected chi connectivity index (χ2v) is 6.53. The van der Waals surface area contributed by atoms with Crippen LogP contribution in [0.1, 0.15) is 32.2 Å². The van der Waals surface area contributed by atoms with Crippen molar-refractivity contribution in [1.82, 2.24) is 9.97 Å². The predicted molar refractivity (Wildman–Crippen MR) is 85.4 cm³/mol. The summed E-state index contributed by atoms with van der Waals surface area (Å²) in [6.45, 7) is 8.39. The minimum absolute atomic E-state index is 0.0303. The highest BCUT2D eigenvalue weighted by Crippen LogP contribution is 2.32. The predicted octanol–water partition coefficient (Wildman–Crippen LogP) is 3.99. The number of rotatable bonds is 2. The smallest absolute Gasteiger partial charge is 0.165 e. The largest absolute Gasteiger partial charge is 0.469 e. The van der Waals surface area contributed by atoms with E-state index in [-0.39, 0.29) is 5.41 Å². The van der Waals surface area contributed by atoms with Gasteiger partial charge in [0.15, 0.2) is 5.82 Å². The van der Waals surface area contributed by atoms with Gasteiger partial charge in [0.2, 0.25) is 0 Å². The number of hydrogen-bond donors (Lipinski definition) is 1. The van der Waals surface area contributed by atoms with E-state index in [1.807, 2.05) is 20.0 Å². The van der Waals surface area contributed by atoms with E-state index in [4.69, 9.17) is 9.40 Å². The zero-order valence-electron chi connectivity index (χ0n) is 11.8. The lowest BCUT2D eigenvalue weighted by molar-refractivity contribution is 0.534. The first kappa shape index (κ1) is 14.3. The number of halogens is 1. The molecule has 2 aromatic rings. The minimum Gasteiger partial charge on any atom is -0.469 e. The second-order valence-electron chi connectivity index (χ2n) is 5.45. The van der Waals surface area contributed by atoms with Crippen LogP contribution in [-0.4, -0.2) is 17.0 Å². The van der Waals surface area contributed by atoms with Gasteiger partial charge in [-0.25, -0.2) is 9.97 Å². The summed E-state index contributed by atoms with van der Waals surface area (Å²) in [5.74, 6) is 2.40. The van der Waals surface area contributed by atoms with Crippen LogP contribution in [0.4, 0.5) is 5.82 Å². The van der Waals surface area contributed by atoms with Gasteiger partial charge in [-0.3, -0.25) is 0 Å². The highest BCUT2D eigenvalue weighted by Gasteiger charge is 2.24. The first-order valence-corrected chi connectivity index (χ1v) is 7.22. The van der Waals surface area contributed by atoms with E-state index < -0.39 is 0 Å². The number of anilines is 1. The zero-order valence-corrected chi connectivity index (χ0v) is 14.0. The van der Waals surface area contributed by atoms with Crippen LogP contribution in [0, 0.1) is 10.5 Å². The summed E-state index contributed by atoms with van der Waals surface area (Å²) in [4.78, 5) is 9.32. The molecule has 19 heavy (non-hydrogen) atoms. The fraction of sp³-hybridized carbons (Fsp3) is 0.429. The van der Waals surface area contributed by atoms with Gasteiger partial charge in [-0.05, 0) is 35.6 Å². The summed E-state index contributed by atoms with van der Waals surface area (Å²) < 4.78 is 6.41. The SMILES string of the molecule is CNc1nc(-c2ccoc2C)nc(C(C)(C)C)c1I. The van der Waals surface area contributed by atoms with E-state index in [1.54, 1.807) is 6.26 Å². The Balaban J connectivity index is 2.68. The maximum absolute atomic E-state index is 5.35. The van der Waals surface area contributed by atoms with Crippen LogP contribution in [0.2, 0.25) is 0 Å². The Morgan fingerprint density at radius 2 is 1.95 bits per heavy atom. The summed E-state index contributed by atoms with van der Waals surface area (Å²) in [6, 6.07) is 1.91. The van der Waals surface area contributed by atoms with Crippen LogP contribution in [0.3, 0.4) is 0 Å². The lowest BCUT2D eigenvalue weighted by Crippen LogP contribution is -2.18. The van der Waals surface area contributed by atoms with Crippen LogP contribution in [0.25, 0.3) is 11.4 Å². The standard InChI is InChI=1S/C14H18IN3O/c1-8-9(6-7-19-8)12-17-11(14(2,3)4)10(15)13(16-5)18-12/h6-7H,1-5H3,(H,16,17,18). The van der Waals surface area contributed by atoms with Crippen molar-refractivity contribution in [2.24, 2.45) is 0 Å². The van der Waals surface area contributed by atoms with Crippen molar-refractivity contribution in [2.75, 3.05) is 12.4 Å². The van der Waals surface area contributed by atoms with Gasteiger partial charge in [-0.2, -0.15) is 0 Å². The Kier molecular flexibility index (Phi) is 3.85. The molecule has 0 fully saturated rings. The van der Waals surface area contributed by atoms with Crippen molar-refractivity contribution < 1.29 is 4.42 Å². The first-order valence-electron chi connectivity index (χ1n) is 6.15. The van der Waals surface area contributed by atoms with Gasteiger partial charge in [0.05, 0.1) is 21.1 Å². The van der Waals surface area contributed by atoms with Crippen molar-refractivity contribution in [3.8, 4) is 11.4 Å². The lowest BCUT2D eigenvalue weighted by Gasteiger charge is -2.21. The first-order chi connectivity index (χ1) is 8.84. The topological polar surface area (TPSA) is 51.0 Å². The molecular weight excluding hydrogens is 353 g/mol. The van der Waals surface area contributed by atoms with Gasteiger partial charge in [0.25, 0.3) is 0 Å². The fourth-order valence-corrected chi connectivity index (χ4v) is 3.17. The molecule has 5 heteroatoms. The Bertz CT molecular complexity index is 599. The molecule has 2 heterocycles. The number of aryl methyl sites for hydroxylation is 1. The molecule has 2 rings (SSSR count). The highest BCUT2D eigenvalue weighted by molar-refractivity contribution is 14.1. The minimum atomic E-state index is -0.0303. The summed E-state index contributed by atoms with van der Waals surface area (Å²) in [5, 5.41) is 3.14. The van der Waals surface area contributed by atoms with Crippen molar-refractivity contribution >= 4 is 28.4 Å². The van der Waals surface area contributed by atoms with Crippen LogP contribution in [-0.2, 0) is 5.41 Å². The molecule has 4 nitrogen and oxygen atoms in total. The number of furan rings is 1. The Labute approximate surface area is 127 Å². The second kappa shape index (κ2) is 5.11. The van der Waals surface area contributed by atoms with E-state index in [0.717, 1.165) is 26.4 Å². The quantitative estimate of drug-likeness (QED) is 0.812. The van der Waals surface area contributed by atoms with Gasteiger partial charge in [0, 0.05) is 12.5 Å². The van der Waals surface area contributed by atoms with Gasteiger partial charge >= 0.3 is 0 Å². The number of hydrogen-bond acceptors (Lipinski definition) is 4. The molecule has 0 aliphatic carbocycles. The van der Waals surface area contributed by atoms with Crippen LogP contribution >= 0.6 is 22.6 Å². The zero-order chi connectivity index (χ0) is 14.2. The summed E-state index contributed by atoms with van der Waals surface area (Å²) in [7, 11) is 1.88. The van der Waals surface area contributed by atoms with Gasteiger partial charge in [0.1, 0.15) is 11.6 Å². The molecule has 0 unspecified atom stereocenters. The van der Waals surface area contributed by atoms with E-state index in [0.29, 0.717) is 5.82 Å². The molecule has 0 radical (unpaired) electrons. The maximum atomic E-state index is 5.35. The number of nitrogens with zero attached hydrogens (tertiary/aromatic N) is 2. The molecule has 0 aliphatic heterocycles. The Morgan fingerprint density at radius 1 is 1.26 bits per heavy atom. The molecule has 0 atom stereocenters. The molecule has 1 N–H and O–H groups in total. The van der Waals surface area contributed by atoms with Gasteiger partial charge in [-0.15, -0.1) is 0 Å². The van der Waals surface area contributed by atoms with Crippen LogP contribution in [0.15, 0.2) is 16.7 Å². The number of nitrogens with one attached hydrogen (secondary N) is 1. The van der Waals surface area contributed by atoms with Crippen molar-refractivity contribution in [3.05, 3.63) is 27.4 Å². The molecular formula is C14H18IN3O. The van der Waals surface area contributed by atoms with Crippen molar-refractivity contribution in [3.63, 3.8) is 0 Å². The van der Waals surface area contributed by atoms with Gasteiger partial charge in [-0.1, -0.05) is 20.8 Å². The average molecular weight is 371 g/mol. The molecule has 0 saturated heterocycles. The highest BCUT2D eigenvalue weighted by atomic mass is 127. The average Bonchev–Trinajstić information content (AvgIpc) is 2.74. The Hall–Kier alpha value is -1.11. The summed E-state index contributed by atoms with van der Waals surface area (Å²) in [5.41, 5.74) is 1.96. The molecule has 0 spiro atoms. The molecule has 0 amide bonds. The number of aromatic nitrogens is 2. The molecule has 0 saturated carbocycles. The molecule has 102 valence electrons. The van der Waals surface area contributed by atoms with E-state index >= 15 is 0 Å². The summed E-state index contributed by atoms with van der Waals surface area (Å²) >= 11 is 2.30. The molecule has 2 aromatic heterocycles. The van der Waals surface area contributed by atoms with Crippen molar-refractivity contribution in [2.45, 2.75) is 33.1 Å². The van der Waals surface area contributed by atoms with E-state index in [9.17, 15) is 0 Å². The fourth-order valence-electron chi connectivity index (χ4n) is 1.85. The molecule has 0 aliphatic rings. The van der Waals surface area contributed by atoms with Crippen LogP contribution < -0.4 is 5.32 Å². The third kappa shape index (κ3) is 2.75. The molecule has 0 bridgehead atoms. The summed E-state index contributed by atoms with van der Waals surface area (Å²) in [6.07, 6.45) is 1.67. The van der Waals surface area contributed by atoms with Crippen LogP contribution in [0.5, 0.6) is 0 Å². The van der Waals surface area contributed by atoms with Gasteiger partial charge < -0.3 is 9.73 Å². The van der Waals surface area contributed by atoms with Crippen molar-refractivity contribution in [1.29, 1.82) is 0 Å². The monoisotopic (exact) mass is 371 g/mol. The Morgan fingerprint density at radius 3 is 2.42 bits per heavy atom. The molecule has 0 aromatic carbocycles. The lowest BCUT2D eigenvalue weighted by atomic mass is 9.91. The van der Waals surface area contributed by atoms with E-state index in [1.165, 1.54) is 0 Å². The third-order valence-electron chi connectivity index (χ3n) is 2.90. The normalized spacial score (nSPS) is 11.7.